The molecule has 0 nitrogen and oxygen atoms in total. The normalized spacial score (nSPS) is 16.4. The standard InChI is InChI=1S/C20H15Br/c1-13-6-8-19-15(10-13)11-16(12-20(19)21)18-9-7-14-4-2-3-5-17(14)18/h2-12,18H,1H3. The maximum Gasteiger partial charge on any atom is 0.0279 e. The van der Waals surface area contributed by atoms with Gasteiger partial charge in [-0.25, -0.2) is 0 Å². The van der Waals surface area contributed by atoms with E-state index in [1.54, 1.807) is 0 Å². The van der Waals surface area contributed by atoms with Crippen LogP contribution in [0.1, 0.15) is 28.2 Å². The Hall–Kier alpha value is -1.86. The summed E-state index contributed by atoms with van der Waals surface area (Å²) in [6.45, 7) is 2.14. The zero-order valence-electron chi connectivity index (χ0n) is 11.8. The van der Waals surface area contributed by atoms with Crippen molar-refractivity contribution in [1.82, 2.24) is 0 Å². The maximum atomic E-state index is 3.74. The predicted octanol–water partition coefficient (Wildman–Crippen LogP) is 6.07. The Bertz CT molecular complexity index is 874. The van der Waals surface area contributed by atoms with Crippen molar-refractivity contribution in [1.29, 1.82) is 0 Å². The third-order valence-electron chi connectivity index (χ3n) is 4.24. The summed E-state index contributed by atoms with van der Waals surface area (Å²) in [6.07, 6.45) is 4.53. The van der Waals surface area contributed by atoms with E-state index in [0.29, 0.717) is 5.92 Å². The molecule has 0 aromatic heterocycles. The molecule has 102 valence electrons. The fraction of sp³-hybridized carbons (Fsp3) is 0.100. The quantitative estimate of drug-likeness (QED) is 0.506. The van der Waals surface area contributed by atoms with Gasteiger partial charge in [0.2, 0.25) is 0 Å². The van der Waals surface area contributed by atoms with Crippen molar-refractivity contribution in [3.63, 3.8) is 0 Å². The van der Waals surface area contributed by atoms with Gasteiger partial charge in [-0.2, -0.15) is 0 Å². The first-order chi connectivity index (χ1) is 10.2. The summed E-state index contributed by atoms with van der Waals surface area (Å²) < 4.78 is 1.17. The van der Waals surface area contributed by atoms with Crippen molar-refractivity contribution in [2.24, 2.45) is 0 Å². The third-order valence-corrected chi connectivity index (χ3v) is 4.89. The summed E-state index contributed by atoms with van der Waals surface area (Å²) in [5.41, 5.74) is 5.38. The maximum absolute atomic E-state index is 3.74. The molecular weight excluding hydrogens is 320 g/mol. The van der Waals surface area contributed by atoms with Gasteiger partial charge < -0.3 is 0 Å². The minimum atomic E-state index is 0.363. The molecule has 0 spiro atoms. The molecule has 1 atom stereocenters. The van der Waals surface area contributed by atoms with Crippen LogP contribution in [0, 0.1) is 6.92 Å². The zero-order valence-corrected chi connectivity index (χ0v) is 13.4. The second-order valence-electron chi connectivity index (χ2n) is 5.69. The summed E-state index contributed by atoms with van der Waals surface area (Å²) in [5.74, 6) is 0.363. The minimum absolute atomic E-state index is 0.363. The average molecular weight is 335 g/mol. The number of hydrogen-bond acceptors (Lipinski definition) is 0. The van der Waals surface area contributed by atoms with E-state index in [-0.39, 0.29) is 0 Å². The summed E-state index contributed by atoms with van der Waals surface area (Å²) in [7, 11) is 0. The highest BCUT2D eigenvalue weighted by Crippen LogP contribution is 2.38. The van der Waals surface area contributed by atoms with Gasteiger partial charge in [0.1, 0.15) is 0 Å². The fourth-order valence-electron chi connectivity index (χ4n) is 3.18. The van der Waals surface area contributed by atoms with Crippen molar-refractivity contribution >= 4 is 32.8 Å². The van der Waals surface area contributed by atoms with E-state index in [1.165, 1.54) is 37.5 Å². The zero-order chi connectivity index (χ0) is 14.4. The highest BCUT2D eigenvalue weighted by atomic mass is 79.9. The molecule has 0 amide bonds. The Morgan fingerprint density at radius 3 is 2.71 bits per heavy atom. The highest BCUT2D eigenvalue weighted by Gasteiger charge is 2.19. The van der Waals surface area contributed by atoms with E-state index in [2.05, 4.69) is 89.6 Å². The van der Waals surface area contributed by atoms with Crippen LogP contribution >= 0.6 is 15.9 Å². The van der Waals surface area contributed by atoms with Gasteiger partial charge in [-0.05, 0) is 40.5 Å². The molecule has 21 heavy (non-hydrogen) atoms. The van der Waals surface area contributed by atoms with E-state index >= 15 is 0 Å². The van der Waals surface area contributed by atoms with Gasteiger partial charge in [0.25, 0.3) is 0 Å². The van der Waals surface area contributed by atoms with Gasteiger partial charge in [-0.3, -0.25) is 0 Å². The van der Waals surface area contributed by atoms with Crippen molar-refractivity contribution in [3.05, 3.63) is 87.4 Å². The molecule has 0 bridgehead atoms. The smallest absolute Gasteiger partial charge is 0.0279 e. The molecule has 3 aromatic carbocycles. The van der Waals surface area contributed by atoms with E-state index in [0.717, 1.165) is 0 Å². The van der Waals surface area contributed by atoms with Crippen LogP contribution in [0.25, 0.3) is 16.8 Å². The van der Waals surface area contributed by atoms with Crippen LogP contribution in [-0.4, -0.2) is 0 Å². The van der Waals surface area contributed by atoms with Gasteiger partial charge in [-0.15, -0.1) is 0 Å². The van der Waals surface area contributed by atoms with Crippen molar-refractivity contribution in [2.75, 3.05) is 0 Å². The van der Waals surface area contributed by atoms with E-state index in [4.69, 9.17) is 0 Å². The third kappa shape index (κ3) is 2.13. The second-order valence-corrected chi connectivity index (χ2v) is 6.55. The molecule has 0 saturated carbocycles. The number of rotatable bonds is 1. The van der Waals surface area contributed by atoms with Crippen LogP contribution in [-0.2, 0) is 0 Å². The Morgan fingerprint density at radius 1 is 0.952 bits per heavy atom. The van der Waals surface area contributed by atoms with Crippen LogP contribution < -0.4 is 0 Å². The van der Waals surface area contributed by atoms with Crippen LogP contribution in [0.3, 0.4) is 0 Å². The molecule has 1 heteroatoms. The van der Waals surface area contributed by atoms with Crippen LogP contribution in [0.5, 0.6) is 0 Å². The topological polar surface area (TPSA) is 0 Å². The predicted molar refractivity (Wildman–Crippen MR) is 93.7 cm³/mol. The SMILES string of the molecule is Cc1ccc2c(Br)cc(C3C=Cc4ccccc43)cc2c1. The van der Waals surface area contributed by atoms with E-state index in [9.17, 15) is 0 Å². The lowest BCUT2D eigenvalue weighted by molar-refractivity contribution is 1.05. The van der Waals surface area contributed by atoms with Crippen molar-refractivity contribution in [3.8, 4) is 0 Å². The number of fused-ring (bicyclic) bond motifs is 2. The molecule has 0 radical (unpaired) electrons. The van der Waals surface area contributed by atoms with Gasteiger partial charge >= 0.3 is 0 Å². The Kier molecular flexibility index (Phi) is 2.97. The number of allylic oxidation sites excluding steroid dienone is 1. The van der Waals surface area contributed by atoms with Crippen LogP contribution in [0.15, 0.2) is 65.1 Å². The van der Waals surface area contributed by atoms with Crippen molar-refractivity contribution in [2.45, 2.75) is 12.8 Å². The fourth-order valence-corrected chi connectivity index (χ4v) is 3.81. The van der Waals surface area contributed by atoms with Gasteiger partial charge in [0.05, 0.1) is 0 Å². The second kappa shape index (κ2) is 4.85. The number of aryl methyl sites for hydroxylation is 1. The summed E-state index contributed by atoms with van der Waals surface area (Å²) >= 11 is 3.74. The molecule has 1 unspecified atom stereocenters. The van der Waals surface area contributed by atoms with Crippen molar-refractivity contribution < 1.29 is 0 Å². The van der Waals surface area contributed by atoms with E-state index in [1.807, 2.05) is 0 Å². The first-order valence-electron chi connectivity index (χ1n) is 7.19. The summed E-state index contributed by atoms with van der Waals surface area (Å²) in [6, 6.07) is 19.8. The molecule has 0 fully saturated rings. The molecule has 0 N–H and O–H groups in total. The highest BCUT2D eigenvalue weighted by molar-refractivity contribution is 9.10. The molecule has 0 heterocycles. The number of benzene rings is 3. The van der Waals surface area contributed by atoms with Crippen LogP contribution in [0.2, 0.25) is 0 Å². The molecule has 1 aliphatic carbocycles. The summed E-state index contributed by atoms with van der Waals surface area (Å²) in [4.78, 5) is 0. The molecule has 3 aromatic rings. The summed E-state index contributed by atoms with van der Waals surface area (Å²) in [5, 5.41) is 2.58. The number of halogens is 1. The minimum Gasteiger partial charge on any atom is -0.0720 e. The Labute approximate surface area is 133 Å². The molecule has 4 rings (SSSR count). The first-order valence-corrected chi connectivity index (χ1v) is 7.98. The van der Waals surface area contributed by atoms with E-state index < -0.39 is 0 Å². The lowest BCUT2D eigenvalue weighted by Gasteiger charge is -2.14. The van der Waals surface area contributed by atoms with Gasteiger partial charge in [-0.1, -0.05) is 82.2 Å². The Morgan fingerprint density at radius 2 is 1.81 bits per heavy atom. The molecule has 0 aliphatic heterocycles. The van der Waals surface area contributed by atoms with Crippen LogP contribution in [0.4, 0.5) is 0 Å². The largest absolute Gasteiger partial charge is 0.0720 e. The molecule has 0 saturated heterocycles. The first kappa shape index (κ1) is 12.8. The molecular formula is C20H15Br. The van der Waals surface area contributed by atoms with Gasteiger partial charge in [0.15, 0.2) is 0 Å². The monoisotopic (exact) mass is 334 g/mol. The lowest BCUT2D eigenvalue weighted by Crippen LogP contribution is -1.96. The lowest BCUT2D eigenvalue weighted by atomic mass is 9.91. The number of hydrogen-bond donors (Lipinski definition) is 0. The average Bonchev–Trinajstić information content (AvgIpc) is 2.90. The Balaban J connectivity index is 1.91. The molecule has 1 aliphatic rings. The van der Waals surface area contributed by atoms with Gasteiger partial charge in [0, 0.05) is 10.4 Å².